The van der Waals surface area contributed by atoms with E-state index in [1.54, 1.807) is 0 Å². The Labute approximate surface area is 105 Å². The van der Waals surface area contributed by atoms with Gasteiger partial charge in [-0.15, -0.1) is 11.3 Å². The van der Waals surface area contributed by atoms with Crippen molar-refractivity contribution in [1.82, 2.24) is 4.98 Å². The lowest BCUT2D eigenvalue weighted by atomic mass is 10.2. The fourth-order valence-corrected chi connectivity index (χ4v) is 3.21. The summed E-state index contributed by atoms with van der Waals surface area (Å²) in [6.45, 7) is 4.01. The van der Waals surface area contributed by atoms with E-state index < -0.39 is 5.97 Å². The lowest BCUT2D eigenvalue weighted by Crippen LogP contribution is -2.23. The number of nitrogens with zero attached hydrogens (tertiary/aromatic N) is 2. The quantitative estimate of drug-likeness (QED) is 0.900. The molecule has 1 aromatic rings. The molecule has 0 aliphatic carbocycles. The average molecular weight is 254 g/mol. The molecule has 4 nitrogen and oxygen atoms in total. The number of carbonyl (C=O) groups is 1. The number of aromatic nitrogens is 1. The molecular formula is C12H18N2O2S. The van der Waals surface area contributed by atoms with Crippen LogP contribution in [0.4, 0.5) is 5.13 Å². The van der Waals surface area contributed by atoms with Gasteiger partial charge >= 0.3 is 5.97 Å². The van der Waals surface area contributed by atoms with Crippen molar-refractivity contribution in [3.63, 3.8) is 0 Å². The van der Waals surface area contributed by atoms with E-state index in [0.29, 0.717) is 0 Å². The van der Waals surface area contributed by atoms with E-state index in [4.69, 9.17) is 5.11 Å². The lowest BCUT2D eigenvalue weighted by molar-refractivity contribution is -0.136. The van der Waals surface area contributed by atoms with E-state index in [0.717, 1.165) is 28.8 Å². The highest BCUT2D eigenvalue weighted by molar-refractivity contribution is 7.15. The van der Waals surface area contributed by atoms with Crippen LogP contribution in [0.2, 0.25) is 0 Å². The number of hydrogen-bond donors (Lipinski definition) is 1. The van der Waals surface area contributed by atoms with Gasteiger partial charge in [-0.2, -0.15) is 0 Å². The summed E-state index contributed by atoms with van der Waals surface area (Å²) in [5.41, 5.74) is 0.872. The van der Waals surface area contributed by atoms with Gasteiger partial charge in [-0.05, 0) is 19.8 Å². The lowest BCUT2D eigenvalue weighted by Gasteiger charge is -2.18. The molecule has 1 aromatic heterocycles. The van der Waals surface area contributed by atoms with Gasteiger partial charge in [0.1, 0.15) is 0 Å². The molecule has 1 fully saturated rings. The van der Waals surface area contributed by atoms with E-state index in [1.165, 1.54) is 37.0 Å². The molecule has 0 spiro atoms. The third-order valence-corrected chi connectivity index (χ3v) is 4.29. The van der Waals surface area contributed by atoms with Crippen molar-refractivity contribution in [2.45, 2.75) is 39.0 Å². The predicted molar refractivity (Wildman–Crippen MR) is 68.9 cm³/mol. The molecule has 0 saturated carbocycles. The first-order valence-electron chi connectivity index (χ1n) is 6.10. The third-order valence-electron chi connectivity index (χ3n) is 3.07. The van der Waals surface area contributed by atoms with Crippen LogP contribution in [0.15, 0.2) is 0 Å². The van der Waals surface area contributed by atoms with Crippen molar-refractivity contribution < 1.29 is 9.90 Å². The smallest absolute Gasteiger partial charge is 0.308 e. The van der Waals surface area contributed by atoms with Crippen LogP contribution < -0.4 is 4.90 Å². The van der Waals surface area contributed by atoms with Crippen LogP contribution in [0.3, 0.4) is 0 Å². The topological polar surface area (TPSA) is 53.4 Å². The Morgan fingerprint density at radius 2 is 2.00 bits per heavy atom. The van der Waals surface area contributed by atoms with E-state index >= 15 is 0 Å². The number of aliphatic carboxylic acids is 1. The van der Waals surface area contributed by atoms with Crippen molar-refractivity contribution in [3.8, 4) is 0 Å². The number of thiazole rings is 1. The van der Waals surface area contributed by atoms with Crippen LogP contribution in [-0.4, -0.2) is 29.1 Å². The van der Waals surface area contributed by atoms with Crippen LogP contribution in [0.25, 0.3) is 0 Å². The number of rotatable bonds is 3. The first kappa shape index (κ1) is 12.4. The average Bonchev–Trinajstić information content (AvgIpc) is 2.54. The van der Waals surface area contributed by atoms with Gasteiger partial charge in [0, 0.05) is 18.0 Å². The summed E-state index contributed by atoms with van der Waals surface area (Å²) < 4.78 is 0. The van der Waals surface area contributed by atoms with Gasteiger partial charge in [0.05, 0.1) is 12.1 Å². The normalized spacial score (nSPS) is 16.9. The molecule has 1 N–H and O–H groups in total. The zero-order chi connectivity index (χ0) is 12.3. The number of aryl methyl sites for hydroxylation is 1. The maximum Gasteiger partial charge on any atom is 0.308 e. The van der Waals surface area contributed by atoms with Gasteiger partial charge in [0.2, 0.25) is 0 Å². The fraction of sp³-hybridized carbons (Fsp3) is 0.667. The summed E-state index contributed by atoms with van der Waals surface area (Å²) >= 11 is 1.54. The monoisotopic (exact) mass is 254 g/mol. The maximum absolute atomic E-state index is 10.7. The second-order valence-electron chi connectivity index (χ2n) is 4.48. The molecule has 17 heavy (non-hydrogen) atoms. The summed E-state index contributed by atoms with van der Waals surface area (Å²) in [5.74, 6) is -0.779. The molecule has 0 bridgehead atoms. The Hall–Kier alpha value is -1.10. The maximum atomic E-state index is 10.7. The molecule has 0 aromatic carbocycles. The Kier molecular flexibility index (Phi) is 3.99. The molecule has 5 heteroatoms. The number of carboxylic acid groups (broad SMARTS) is 1. The second kappa shape index (κ2) is 5.49. The highest BCUT2D eigenvalue weighted by atomic mass is 32.1. The van der Waals surface area contributed by atoms with Crippen molar-refractivity contribution in [2.24, 2.45) is 0 Å². The van der Waals surface area contributed by atoms with Crippen molar-refractivity contribution in [1.29, 1.82) is 0 Å². The minimum Gasteiger partial charge on any atom is -0.481 e. The molecule has 0 atom stereocenters. The Morgan fingerprint density at radius 1 is 1.35 bits per heavy atom. The standard InChI is InChI=1S/C12H18N2O2S/c1-9-10(8-11(15)16)17-12(13-9)14-6-4-2-3-5-7-14/h2-8H2,1H3,(H,15,16). The van der Waals surface area contributed by atoms with E-state index in [9.17, 15) is 4.79 Å². The van der Waals surface area contributed by atoms with Crippen molar-refractivity contribution in [2.75, 3.05) is 18.0 Å². The summed E-state index contributed by atoms with van der Waals surface area (Å²) in [5, 5.41) is 9.82. The molecule has 1 saturated heterocycles. The minimum atomic E-state index is -0.779. The summed E-state index contributed by atoms with van der Waals surface area (Å²) in [4.78, 5) is 18.4. The van der Waals surface area contributed by atoms with Gasteiger partial charge in [-0.1, -0.05) is 12.8 Å². The number of anilines is 1. The fourth-order valence-electron chi connectivity index (χ4n) is 2.11. The highest BCUT2D eigenvalue weighted by Crippen LogP contribution is 2.28. The van der Waals surface area contributed by atoms with Gasteiger partial charge < -0.3 is 10.0 Å². The zero-order valence-corrected chi connectivity index (χ0v) is 10.9. The van der Waals surface area contributed by atoms with Gasteiger partial charge in [-0.25, -0.2) is 4.98 Å². The van der Waals surface area contributed by atoms with Crippen LogP contribution in [0, 0.1) is 6.92 Å². The zero-order valence-electron chi connectivity index (χ0n) is 10.1. The Balaban J connectivity index is 2.12. The minimum absolute atomic E-state index is 0.0946. The van der Waals surface area contributed by atoms with Crippen LogP contribution in [0.1, 0.15) is 36.3 Å². The first-order chi connectivity index (χ1) is 8.16. The predicted octanol–water partition coefficient (Wildman–Crippen LogP) is 2.46. The number of hydrogen-bond acceptors (Lipinski definition) is 4. The van der Waals surface area contributed by atoms with Crippen molar-refractivity contribution in [3.05, 3.63) is 10.6 Å². The molecule has 0 unspecified atom stereocenters. The molecule has 94 valence electrons. The van der Waals surface area contributed by atoms with Gasteiger partial charge in [0.25, 0.3) is 0 Å². The van der Waals surface area contributed by atoms with E-state index in [-0.39, 0.29) is 6.42 Å². The molecule has 0 amide bonds. The molecular weight excluding hydrogens is 236 g/mol. The van der Waals surface area contributed by atoms with Crippen LogP contribution >= 0.6 is 11.3 Å². The number of carboxylic acids is 1. The third kappa shape index (κ3) is 3.19. The van der Waals surface area contributed by atoms with Crippen LogP contribution in [-0.2, 0) is 11.2 Å². The Bertz CT molecular complexity index is 395. The van der Waals surface area contributed by atoms with Gasteiger partial charge in [0.15, 0.2) is 5.13 Å². The Morgan fingerprint density at radius 3 is 2.59 bits per heavy atom. The summed E-state index contributed by atoms with van der Waals surface area (Å²) in [6, 6.07) is 0. The molecule has 1 aliphatic heterocycles. The summed E-state index contributed by atoms with van der Waals surface area (Å²) in [6.07, 6.45) is 5.11. The van der Waals surface area contributed by atoms with Crippen LogP contribution in [0.5, 0.6) is 0 Å². The highest BCUT2D eigenvalue weighted by Gasteiger charge is 2.16. The molecule has 2 heterocycles. The van der Waals surface area contributed by atoms with E-state index in [1.807, 2.05) is 6.92 Å². The largest absolute Gasteiger partial charge is 0.481 e. The molecule has 0 radical (unpaired) electrons. The molecule has 1 aliphatic rings. The second-order valence-corrected chi connectivity index (χ2v) is 5.54. The SMILES string of the molecule is Cc1nc(N2CCCCCC2)sc1CC(=O)O. The summed E-state index contributed by atoms with van der Waals surface area (Å²) in [7, 11) is 0. The van der Waals surface area contributed by atoms with Crippen molar-refractivity contribution >= 4 is 22.4 Å². The van der Waals surface area contributed by atoms with E-state index in [2.05, 4.69) is 9.88 Å². The first-order valence-corrected chi connectivity index (χ1v) is 6.91. The van der Waals surface area contributed by atoms with Gasteiger partial charge in [-0.3, -0.25) is 4.79 Å². The molecule has 2 rings (SSSR count).